The SMILES string of the molecule is COC(=O)CC#Cc1ccc2ncnc(N)c2c1. The van der Waals surface area contributed by atoms with Crippen molar-refractivity contribution in [2.75, 3.05) is 12.8 Å². The lowest BCUT2D eigenvalue weighted by molar-refractivity contribution is -0.139. The van der Waals surface area contributed by atoms with Gasteiger partial charge in [0.2, 0.25) is 0 Å². The number of nitrogens with zero attached hydrogens (tertiary/aromatic N) is 2. The number of ether oxygens (including phenoxy) is 1. The van der Waals surface area contributed by atoms with Crippen LogP contribution in [-0.4, -0.2) is 23.0 Å². The molecule has 0 atom stereocenters. The van der Waals surface area contributed by atoms with Gasteiger partial charge in [0.15, 0.2) is 0 Å². The molecule has 18 heavy (non-hydrogen) atoms. The highest BCUT2D eigenvalue weighted by molar-refractivity contribution is 5.88. The van der Waals surface area contributed by atoms with Crippen LogP contribution >= 0.6 is 0 Å². The molecule has 2 N–H and O–H groups in total. The first-order chi connectivity index (χ1) is 8.70. The normalized spacial score (nSPS) is 9.61. The number of hydrogen-bond donors (Lipinski definition) is 1. The maximum absolute atomic E-state index is 10.9. The lowest BCUT2D eigenvalue weighted by Crippen LogP contribution is -1.97. The minimum Gasteiger partial charge on any atom is -0.468 e. The Hall–Kier alpha value is -2.61. The smallest absolute Gasteiger partial charge is 0.317 e. The number of anilines is 1. The molecule has 0 unspecified atom stereocenters. The third-order valence-corrected chi connectivity index (χ3v) is 2.36. The van der Waals surface area contributed by atoms with Crippen LogP contribution in [0.3, 0.4) is 0 Å². The van der Waals surface area contributed by atoms with Crippen molar-refractivity contribution in [3.63, 3.8) is 0 Å². The summed E-state index contributed by atoms with van der Waals surface area (Å²) in [4.78, 5) is 18.9. The molecule has 5 nitrogen and oxygen atoms in total. The zero-order chi connectivity index (χ0) is 13.0. The first-order valence-electron chi connectivity index (χ1n) is 5.26. The van der Waals surface area contributed by atoms with E-state index in [1.54, 1.807) is 6.07 Å². The number of methoxy groups -OCH3 is 1. The van der Waals surface area contributed by atoms with Gasteiger partial charge in [-0.1, -0.05) is 11.8 Å². The number of rotatable bonds is 1. The van der Waals surface area contributed by atoms with Crippen LogP contribution in [0, 0.1) is 11.8 Å². The van der Waals surface area contributed by atoms with E-state index in [-0.39, 0.29) is 12.4 Å². The van der Waals surface area contributed by atoms with Crippen LogP contribution in [-0.2, 0) is 9.53 Å². The summed E-state index contributed by atoms with van der Waals surface area (Å²) in [6, 6.07) is 5.43. The molecule has 0 aliphatic heterocycles. The second kappa shape index (κ2) is 5.15. The van der Waals surface area contributed by atoms with E-state index in [2.05, 4.69) is 26.5 Å². The molecule has 0 saturated carbocycles. The summed E-state index contributed by atoms with van der Waals surface area (Å²) in [5.41, 5.74) is 7.27. The largest absolute Gasteiger partial charge is 0.468 e. The number of hydrogen-bond acceptors (Lipinski definition) is 5. The second-order valence-electron chi connectivity index (χ2n) is 3.55. The third-order valence-electron chi connectivity index (χ3n) is 2.36. The van der Waals surface area contributed by atoms with Gasteiger partial charge in [-0.25, -0.2) is 9.97 Å². The monoisotopic (exact) mass is 241 g/mol. The Kier molecular flexibility index (Phi) is 3.39. The fourth-order valence-electron chi connectivity index (χ4n) is 1.44. The molecule has 0 spiro atoms. The summed E-state index contributed by atoms with van der Waals surface area (Å²) in [5, 5.41) is 0.752. The maximum atomic E-state index is 10.9. The van der Waals surface area contributed by atoms with Crippen molar-refractivity contribution in [2.24, 2.45) is 0 Å². The lowest BCUT2D eigenvalue weighted by Gasteiger charge is -1.99. The highest BCUT2D eigenvalue weighted by Crippen LogP contribution is 2.17. The number of nitrogen functional groups attached to an aromatic ring is 1. The number of nitrogens with two attached hydrogens (primary N) is 1. The summed E-state index contributed by atoms with van der Waals surface area (Å²) in [6.07, 6.45) is 1.48. The predicted octanol–water partition coefficient (Wildman–Crippen LogP) is 1.13. The topological polar surface area (TPSA) is 78.1 Å². The Bertz CT molecular complexity index is 656. The van der Waals surface area contributed by atoms with Crippen LogP contribution in [0.1, 0.15) is 12.0 Å². The van der Waals surface area contributed by atoms with Gasteiger partial charge in [0.25, 0.3) is 0 Å². The number of fused-ring (bicyclic) bond motifs is 1. The molecule has 0 fully saturated rings. The molecular formula is C13H11N3O2. The fourth-order valence-corrected chi connectivity index (χ4v) is 1.44. The molecule has 0 radical (unpaired) electrons. The van der Waals surface area contributed by atoms with Crippen molar-refractivity contribution in [1.82, 2.24) is 9.97 Å². The van der Waals surface area contributed by atoms with Crippen molar-refractivity contribution < 1.29 is 9.53 Å². The van der Waals surface area contributed by atoms with Gasteiger partial charge in [0, 0.05) is 10.9 Å². The third kappa shape index (κ3) is 2.55. The fraction of sp³-hybridized carbons (Fsp3) is 0.154. The number of aromatic nitrogens is 2. The molecule has 2 aromatic rings. The first-order valence-corrected chi connectivity index (χ1v) is 5.26. The molecule has 0 bridgehead atoms. The van der Waals surface area contributed by atoms with Gasteiger partial charge in [-0.15, -0.1) is 0 Å². The van der Waals surface area contributed by atoms with Crippen LogP contribution in [0.15, 0.2) is 24.5 Å². The highest BCUT2D eigenvalue weighted by Gasteiger charge is 2.00. The van der Waals surface area contributed by atoms with Gasteiger partial charge in [-0.05, 0) is 18.2 Å². The van der Waals surface area contributed by atoms with Crippen LogP contribution in [0.25, 0.3) is 10.9 Å². The molecule has 0 saturated heterocycles. The molecule has 0 amide bonds. The standard InChI is InChI=1S/C13H11N3O2/c1-18-12(17)4-2-3-9-5-6-11-10(7-9)13(14)16-8-15-11/h5-8H,4H2,1H3,(H2,14,15,16). The summed E-state index contributed by atoms with van der Waals surface area (Å²) in [7, 11) is 1.33. The van der Waals surface area contributed by atoms with E-state index in [1.165, 1.54) is 13.4 Å². The molecular weight excluding hydrogens is 230 g/mol. The van der Waals surface area contributed by atoms with E-state index in [0.29, 0.717) is 5.82 Å². The molecule has 1 aromatic carbocycles. The number of esters is 1. The minimum absolute atomic E-state index is 0.0648. The summed E-state index contributed by atoms with van der Waals surface area (Å²) in [5.74, 6) is 5.66. The van der Waals surface area contributed by atoms with Gasteiger partial charge in [0.1, 0.15) is 18.6 Å². The highest BCUT2D eigenvalue weighted by atomic mass is 16.5. The van der Waals surface area contributed by atoms with Gasteiger partial charge >= 0.3 is 5.97 Å². The van der Waals surface area contributed by atoms with Gasteiger partial charge in [-0.2, -0.15) is 0 Å². The van der Waals surface area contributed by atoms with Crippen LogP contribution < -0.4 is 5.73 Å². The summed E-state index contributed by atoms with van der Waals surface area (Å²) in [6.45, 7) is 0. The molecule has 0 aliphatic rings. The van der Waals surface area contributed by atoms with Crippen molar-refractivity contribution in [2.45, 2.75) is 6.42 Å². The number of carbonyl (C=O) groups is 1. The quantitative estimate of drug-likeness (QED) is 0.598. The summed E-state index contributed by atoms with van der Waals surface area (Å²) >= 11 is 0. The number of carbonyl (C=O) groups excluding carboxylic acids is 1. The van der Waals surface area contributed by atoms with Crippen LogP contribution in [0.5, 0.6) is 0 Å². The van der Waals surface area contributed by atoms with Gasteiger partial charge in [0.05, 0.1) is 12.6 Å². The zero-order valence-electron chi connectivity index (χ0n) is 9.80. The Morgan fingerprint density at radius 1 is 1.44 bits per heavy atom. The molecule has 0 aliphatic carbocycles. The van der Waals surface area contributed by atoms with E-state index in [1.807, 2.05) is 12.1 Å². The van der Waals surface area contributed by atoms with Crippen molar-refractivity contribution >= 4 is 22.7 Å². The molecule has 90 valence electrons. The average molecular weight is 241 g/mol. The molecule has 2 rings (SSSR count). The van der Waals surface area contributed by atoms with E-state index in [0.717, 1.165) is 16.5 Å². The van der Waals surface area contributed by atoms with E-state index in [9.17, 15) is 4.79 Å². The van der Waals surface area contributed by atoms with Crippen molar-refractivity contribution in [3.05, 3.63) is 30.1 Å². The van der Waals surface area contributed by atoms with Crippen LogP contribution in [0.4, 0.5) is 5.82 Å². The van der Waals surface area contributed by atoms with Crippen molar-refractivity contribution in [1.29, 1.82) is 0 Å². The molecule has 1 heterocycles. The lowest BCUT2D eigenvalue weighted by atomic mass is 10.1. The maximum Gasteiger partial charge on any atom is 0.317 e. The first kappa shape index (κ1) is 11.9. The van der Waals surface area contributed by atoms with Crippen LogP contribution in [0.2, 0.25) is 0 Å². The summed E-state index contributed by atoms with van der Waals surface area (Å²) < 4.78 is 4.50. The van der Waals surface area contributed by atoms with E-state index < -0.39 is 0 Å². The Morgan fingerprint density at radius 2 is 2.28 bits per heavy atom. The minimum atomic E-state index is -0.355. The average Bonchev–Trinajstić information content (AvgIpc) is 2.39. The second-order valence-corrected chi connectivity index (χ2v) is 3.55. The van der Waals surface area contributed by atoms with Gasteiger partial charge in [-0.3, -0.25) is 4.79 Å². The Balaban J connectivity index is 2.30. The van der Waals surface area contributed by atoms with E-state index >= 15 is 0 Å². The molecule has 5 heteroatoms. The zero-order valence-corrected chi connectivity index (χ0v) is 9.80. The predicted molar refractivity (Wildman–Crippen MR) is 67.5 cm³/mol. The van der Waals surface area contributed by atoms with E-state index in [4.69, 9.17) is 5.73 Å². The Labute approximate surface area is 104 Å². The number of benzene rings is 1. The molecule has 1 aromatic heterocycles. The van der Waals surface area contributed by atoms with Crippen molar-refractivity contribution in [3.8, 4) is 11.8 Å². The Morgan fingerprint density at radius 3 is 3.06 bits per heavy atom. The van der Waals surface area contributed by atoms with Gasteiger partial charge < -0.3 is 10.5 Å².